The van der Waals surface area contributed by atoms with Crippen LogP contribution in [0.25, 0.3) is 0 Å². The van der Waals surface area contributed by atoms with Crippen molar-refractivity contribution in [3.63, 3.8) is 0 Å². The molecule has 1 saturated heterocycles. The first-order valence-corrected chi connectivity index (χ1v) is 9.52. The lowest BCUT2D eigenvalue weighted by Gasteiger charge is -2.32. The largest absolute Gasteiger partial charge is 0.496 e. The number of nitrogens with one attached hydrogen (secondary N) is 1. The van der Waals surface area contributed by atoms with Gasteiger partial charge in [-0.15, -0.1) is 0 Å². The number of hydrogen-bond donors (Lipinski definition) is 1. The number of nitrogens with zero attached hydrogens (tertiary/aromatic N) is 1. The first-order chi connectivity index (χ1) is 10.9. The first kappa shape index (κ1) is 18.0. The number of likely N-dealkylation sites (tertiary alicyclic amines) is 1. The third-order valence-corrected chi connectivity index (χ3v) is 5.59. The van der Waals surface area contributed by atoms with E-state index in [9.17, 15) is 13.2 Å². The lowest BCUT2D eigenvalue weighted by atomic mass is 10.0. The number of hydrogen-bond acceptors (Lipinski definition) is 4. The number of benzene rings is 1. The molecule has 0 aromatic heterocycles. The molecular weight excluding hydrogens is 340 g/mol. The molecule has 1 aliphatic rings. The molecule has 1 heterocycles. The maximum absolute atomic E-state index is 12.6. The van der Waals surface area contributed by atoms with Crippen LogP contribution in [0, 0.1) is 0 Å². The molecule has 1 aromatic rings. The second kappa shape index (κ2) is 7.51. The van der Waals surface area contributed by atoms with Crippen LogP contribution in [-0.2, 0) is 10.0 Å². The van der Waals surface area contributed by atoms with E-state index in [0.717, 1.165) is 0 Å². The second-order valence-corrected chi connectivity index (χ2v) is 7.91. The maximum atomic E-state index is 12.6. The van der Waals surface area contributed by atoms with Crippen LogP contribution in [0.5, 0.6) is 5.75 Å². The van der Waals surface area contributed by atoms with Crippen LogP contribution in [0.2, 0.25) is 5.02 Å². The van der Waals surface area contributed by atoms with E-state index in [4.69, 9.17) is 16.3 Å². The van der Waals surface area contributed by atoms with Gasteiger partial charge in [-0.1, -0.05) is 11.6 Å². The van der Waals surface area contributed by atoms with Gasteiger partial charge in [-0.2, -0.15) is 0 Å². The van der Waals surface area contributed by atoms with E-state index in [1.165, 1.54) is 7.11 Å². The van der Waals surface area contributed by atoms with Gasteiger partial charge in [0.2, 0.25) is 10.0 Å². The minimum atomic E-state index is -3.22. The lowest BCUT2D eigenvalue weighted by molar-refractivity contribution is 0.0708. The van der Waals surface area contributed by atoms with Crippen molar-refractivity contribution in [1.82, 2.24) is 9.62 Å². The third kappa shape index (κ3) is 4.59. The second-order valence-electron chi connectivity index (χ2n) is 5.43. The van der Waals surface area contributed by atoms with Crippen molar-refractivity contribution < 1.29 is 17.9 Å². The van der Waals surface area contributed by atoms with Crippen LogP contribution < -0.4 is 9.46 Å². The van der Waals surface area contributed by atoms with Crippen LogP contribution >= 0.6 is 11.6 Å². The number of carbonyl (C=O) groups excluding carboxylic acids is 1. The standard InChI is InChI=1S/C15H21ClN2O4S/c1-3-23(20,21)17-12-6-8-18(9-7-12)15(19)13-10-11(16)4-5-14(13)22-2/h4-5,10,12,17H,3,6-9H2,1-2H3. The molecule has 8 heteroatoms. The van der Waals surface area contributed by atoms with Gasteiger partial charge in [0, 0.05) is 24.2 Å². The van der Waals surface area contributed by atoms with E-state index >= 15 is 0 Å². The Balaban J connectivity index is 2.03. The third-order valence-electron chi connectivity index (χ3n) is 3.90. The van der Waals surface area contributed by atoms with Crippen LogP contribution in [0.1, 0.15) is 30.1 Å². The number of sulfonamides is 1. The molecule has 1 amide bonds. The summed E-state index contributed by atoms with van der Waals surface area (Å²) >= 11 is 5.97. The number of ether oxygens (including phenoxy) is 1. The summed E-state index contributed by atoms with van der Waals surface area (Å²) in [6, 6.07) is 4.81. The quantitative estimate of drug-likeness (QED) is 0.870. The summed E-state index contributed by atoms with van der Waals surface area (Å²) in [5.74, 6) is 0.389. The van der Waals surface area contributed by atoms with Gasteiger partial charge >= 0.3 is 0 Å². The van der Waals surface area contributed by atoms with E-state index in [-0.39, 0.29) is 17.7 Å². The average molecular weight is 361 g/mol. The molecule has 0 spiro atoms. The van der Waals surface area contributed by atoms with Crippen molar-refractivity contribution in [1.29, 1.82) is 0 Å². The van der Waals surface area contributed by atoms with Crippen molar-refractivity contribution >= 4 is 27.5 Å². The van der Waals surface area contributed by atoms with Crippen molar-refractivity contribution in [2.45, 2.75) is 25.8 Å². The Hall–Kier alpha value is -1.31. The SMILES string of the molecule is CCS(=O)(=O)NC1CCN(C(=O)c2cc(Cl)ccc2OC)CC1. The minimum Gasteiger partial charge on any atom is -0.496 e. The normalized spacial score (nSPS) is 16.4. The molecule has 0 unspecified atom stereocenters. The van der Waals surface area contributed by atoms with Crippen LogP contribution in [0.3, 0.4) is 0 Å². The summed E-state index contributed by atoms with van der Waals surface area (Å²) in [6.07, 6.45) is 1.18. The van der Waals surface area contributed by atoms with E-state index in [1.54, 1.807) is 30.0 Å². The number of halogens is 1. The van der Waals surface area contributed by atoms with Crippen LogP contribution in [-0.4, -0.2) is 51.2 Å². The number of rotatable bonds is 5. The molecule has 23 heavy (non-hydrogen) atoms. The highest BCUT2D eigenvalue weighted by Gasteiger charge is 2.27. The molecule has 0 radical (unpaired) electrons. The monoisotopic (exact) mass is 360 g/mol. The highest BCUT2D eigenvalue weighted by molar-refractivity contribution is 7.89. The Morgan fingerprint density at radius 1 is 1.39 bits per heavy atom. The zero-order valence-electron chi connectivity index (χ0n) is 13.2. The van der Waals surface area contributed by atoms with Crippen molar-refractivity contribution in [3.05, 3.63) is 28.8 Å². The van der Waals surface area contributed by atoms with Gasteiger partial charge in [-0.3, -0.25) is 4.79 Å². The van der Waals surface area contributed by atoms with Gasteiger partial charge in [0.1, 0.15) is 5.75 Å². The van der Waals surface area contributed by atoms with Gasteiger partial charge in [-0.25, -0.2) is 13.1 Å². The summed E-state index contributed by atoms with van der Waals surface area (Å²) in [5, 5.41) is 0.472. The minimum absolute atomic E-state index is 0.0614. The summed E-state index contributed by atoms with van der Waals surface area (Å²) in [5.41, 5.74) is 0.424. The Morgan fingerprint density at radius 3 is 2.61 bits per heavy atom. The Labute approximate surface area is 141 Å². The zero-order valence-corrected chi connectivity index (χ0v) is 14.8. The lowest BCUT2D eigenvalue weighted by Crippen LogP contribution is -2.46. The van der Waals surface area contributed by atoms with E-state index in [1.807, 2.05) is 0 Å². The number of amides is 1. The highest BCUT2D eigenvalue weighted by atomic mass is 35.5. The van der Waals surface area contributed by atoms with Gasteiger partial charge in [0.25, 0.3) is 5.91 Å². The molecule has 1 fully saturated rings. The molecule has 128 valence electrons. The highest BCUT2D eigenvalue weighted by Crippen LogP contribution is 2.25. The fraction of sp³-hybridized carbons (Fsp3) is 0.533. The number of carbonyl (C=O) groups is 1. The summed E-state index contributed by atoms with van der Waals surface area (Å²) in [7, 11) is -1.71. The molecule has 0 bridgehead atoms. The smallest absolute Gasteiger partial charge is 0.257 e. The molecule has 1 aromatic carbocycles. The molecule has 0 aliphatic carbocycles. The van der Waals surface area contributed by atoms with Crippen LogP contribution in [0.4, 0.5) is 0 Å². The van der Waals surface area contributed by atoms with Gasteiger partial charge in [0.05, 0.1) is 18.4 Å². The van der Waals surface area contributed by atoms with Crippen molar-refractivity contribution in [3.8, 4) is 5.75 Å². The first-order valence-electron chi connectivity index (χ1n) is 7.49. The summed E-state index contributed by atoms with van der Waals surface area (Å²) in [4.78, 5) is 14.3. The molecule has 1 aliphatic heterocycles. The van der Waals surface area contributed by atoms with Crippen molar-refractivity contribution in [2.24, 2.45) is 0 Å². The molecule has 0 atom stereocenters. The van der Waals surface area contributed by atoms with E-state index in [0.29, 0.717) is 42.3 Å². The van der Waals surface area contributed by atoms with Gasteiger partial charge < -0.3 is 9.64 Å². The molecule has 6 nitrogen and oxygen atoms in total. The maximum Gasteiger partial charge on any atom is 0.257 e. The Bertz CT molecular complexity index is 670. The average Bonchev–Trinajstić information content (AvgIpc) is 2.54. The number of methoxy groups -OCH3 is 1. The Kier molecular flexibility index (Phi) is 5.89. The summed E-state index contributed by atoms with van der Waals surface area (Å²) < 4.78 is 31.1. The van der Waals surface area contributed by atoms with Gasteiger partial charge in [-0.05, 0) is 38.0 Å². The zero-order chi connectivity index (χ0) is 17.0. The van der Waals surface area contributed by atoms with E-state index in [2.05, 4.69) is 4.72 Å². The molecular formula is C15H21ClN2O4S. The van der Waals surface area contributed by atoms with Crippen molar-refractivity contribution in [2.75, 3.05) is 26.0 Å². The molecule has 2 rings (SSSR count). The predicted molar refractivity (Wildman–Crippen MR) is 89.5 cm³/mol. The molecule has 1 N–H and O–H groups in total. The summed E-state index contributed by atoms with van der Waals surface area (Å²) in [6.45, 7) is 2.59. The number of piperidine rings is 1. The predicted octanol–water partition coefficient (Wildman–Crippen LogP) is 1.89. The molecule has 0 saturated carbocycles. The fourth-order valence-corrected chi connectivity index (χ4v) is 3.64. The fourth-order valence-electron chi connectivity index (χ4n) is 2.56. The van der Waals surface area contributed by atoms with E-state index < -0.39 is 10.0 Å². The Morgan fingerprint density at radius 2 is 2.04 bits per heavy atom. The van der Waals surface area contributed by atoms with Gasteiger partial charge in [0.15, 0.2) is 0 Å². The van der Waals surface area contributed by atoms with Crippen LogP contribution in [0.15, 0.2) is 18.2 Å². The topological polar surface area (TPSA) is 75.7 Å².